The van der Waals surface area contributed by atoms with Crippen LogP contribution in [0.3, 0.4) is 0 Å². The predicted molar refractivity (Wildman–Crippen MR) is 109 cm³/mol. The molecule has 1 aliphatic heterocycles. The summed E-state index contributed by atoms with van der Waals surface area (Å²) in [6.07, 6.45) is 1.61. The quantitative estimate of drug-likeness (QED) is 0.677. The number of para-hydroxylation sites is 1. The molecule has 1 saturated heterocycles. The standard InChI is InChI=1S/C21H23N3O3.ClH/c22-15-21(10-12-25-13-11-21)20-23-19(24-27-20)17-8-6-16(7-9-17)14-26-18-4-2-1-3-5-18;/h1-9H,10-15,22H2;1H. The van der Waals surface area contributed by atoms with Crippen molar-refractivity contribution in [3.63, 3.8) is 0 Å². The molecule has 0 amide bonds. The normalized spacial score (nSPS) is 15.6. The summed E-state index contributed by atoms with van der Waals surface area (Å²) in [7, 11) is 0. The molecule has 3 aromatic rings. The zero-order valence-corrected chi connectivity index (χ0v) is 16.4. The van der Waals surface area contributed by atoms with Crippen LogP contribution in [0.5, 0.6) is 5.75 Å². The largest absolute Gasteiger partial charge is 0.489 e. The van der Waals surface area contributed by atoms with E-state index in [1.807, 2.05) is 54.6 Å². The molecule has 1 aromatic heterocycles. The third-order valence-corrected chi connectivity index (χ3v) is 5.08. The Kier molecular flexibility index (Phi) is 6.67. The highest BCUT2D eigenvalue weighted by Crippen LogP contribution is 2.33. The van der Waals surface area contributed by atoms with Crippen LogP contribution in [0.25, 0.3) is 11.4 Å². The van der Waals surface area contributed by atoms with Gasteiger partial charge in [0.25, 0.3) is 0 Å². The van der Waals surface area contributed by atoms with Gasteiger partial charge in [-0.05, 0) is 30.5 Å². The van der Waals surface area contributed by atoms with Gasteiger partial charge in [-0.25, -0.2) is 0 Å². The first-order chi connectivity index (χ1) is 13.3. The number of hydrogen-bond acceptors (Lipinski definition) is 6. The number of rotatable bonds is 6. The Morgan fingerprint density at radius 3 is 2.39 bits per heavy atom. The number of nitrogens with zero attached hydrogens (tertiary/aromatic N) is 2. The van der Waals surface area contributed by atoms with Crippen molar-refractivity contribution in [2.75, 3.05) is 19.8 Å². The lowest BCUT2D eigenvalue weighted by atomic mass is 9.80. The number of hydrogen-bond donors (Lipinski definition) is 1. The highest BCUT2D eigenvalue weighted by atomic mass is 35.5. The molecule has 6 nitrogen and oxygen atoms in total. The predicted octanol–water partition coefficient (Wildman–Crippen LogP) is 3.74. The Morgan fingerprint density at radius 1 is 1.00 bits per heavy atom. The summed E-state index contributed by atoms with van der Waals surface area (Å²) < 4.78 is 16.8. The minimum Gasteiger partial charge on any atom is -0.489 e. The zero-order chi connectivity index (χ0) is 18.5. The molecule has 0 radical (unpaired) electrons. The second-order valence-electron chi connectivity index (χ2n) is 6.82. The average molecular weight is 402 g/mol. The van der Waals surface area contributed by atoms with Gasteiger partial charge < -0.3 is 19.7 Å². The van der Waals surface area contributed by atoms with Crippen molar-refractivity contribution in [1.82, 2.24) is 10.1 Å². The molecule has 1 fully saturated rings. The maximum absolute atomic E-state index is 6.02. The van der Waals surface area contributed by atoms with Gasteiger partial charge in [-0.1, -0.05) is 47.6 Å². The van der Waals surface area contributed by atoms with Crippen LogP contribution in [0.2, 0.25) is 0 Å². The van der Waals surface area contributed by atoms with Crippen LogP contribution in [0.1, 0.15) is 24.3 Å². The van der Waals surface area contributed by atoms with Gasteiger partial charge in [0.2, 0.25) is 11.7 Å². The van der Waals surface area contributed by atoms with Crippen molar-refractivity contribution in [2.45, 2.75) is 24.9 Å². The van der Waals surface area contributed by atoms with Crippen molar-refractivity contribution in [2.24, 2.45) is 5.73 Å². The molecule has 7 heteroatoms. The van der Waals surface area contributed by atoms with Crippen molar-refractivity contribution in [1.29, 1.82) is 0 Å². The number of aromatic nitrogens is 2. The summed E-state index contributed by atoms with van der Waals surface area (Å²) in [5.41, 5.74) is 7.74. The van der Waals surface area contributed by atoms with Gasteiger partial charge in [-0.2, -0.15) is 4.98 Å². The average Bonchev–Trinajstić information content (AvgIpc) is 3.25. The number of ether oxygens (including phenoxy) is 2. The van der Waals surface area contributed by atoms with E-state index in [2.05, 4.69) is 10.1 Å². The first kappa shape index (κ1) is 20.3. The Balaban J connectivity index is 0.00000225. The second kappa shape index (κ2) is 9.19. The molecule has 0 aliphatic carbocycles. The van der Waals surface area contributed by atoms with Gasteiger partial charge in [0.05, 0.1) is 5.41 Å². The van der Waals surface area contributed by atoms with Crippen LogP contribution in [0, 0.1) is 0 Å². The van der Waals surface area contributed by atoms with E-state index >= 15 is 0 Å². The Bertz CT molecular complexity index is 862. The Hall–Kier alpha value is -2.41. The maximum Gasteiger partial charge on any atom is 0.234 e. The SMILES string of the molecule is Cl.NCC1(c2nc(-c3ccc(COc4ccccc4)cc3)no2)CCOCC1. The molecule has 0 atom stereocenters. The molecule has 1 aliphatic rings. The fourth-order valence-corrected chi connectivity index (χ4v) is 3.26. The molecule has 28 heavy (non-hydrogen) atoms. The molecular formula is C21H24ClN3O3. The third-order valence-electron chi connectivity index (χ3n) is 5.08. The number of benzene rings is 2. The Morgan fingerprint density at radius 2 is 1.71 bits per heavy atom. The molecule has 4 rings (SSSR count). The fourth-order valence-electron chi connectivity index (χ4n) is 3.26. The minimum atomic E-state index is -0.271. The van der Waals surface area contributed by atoms with Gasteiger partial charge >= 0.3 is 0 Å². The summed E-state index contributed by atoms with van der Waals surface area (Å²) in [4.78, 5) is 4.63. The number of halogens is 1. The summed E-state index contributed by atoms with van der Waals surface area (Å²) >= 11 is 0. The molecule has 0 bridgehead atoms. The van der Waals surface area contributed by atoms with Crippen LogP contribution in [0.4, 0.5) is 0 Å². The lowest BCUT2D eigenvalue weighted by molar-refractivity contribution is 0.0409. The lowest BCUT2D eigenvalue weighted by Crippen LogP contribution is -2.40. The summed E-state index contributed by atoms with van der Waals surface area (Å²) in [6.45, 7) is 2.34. The number of nitrogens with two attached hydrogens (primary N) is 1. The van der Waals surface area contributed by atoms with Crippen LogP contribution in [-0.4, -0.2) is 29.9 Å². The molecular weight excluding hydrogens is 378 g/mol. The summed E-state index contributed by atoms with van der Waals surface area (Å²) in [5.74, 6) is 2.05. The molecule has 2 aromatic carbocycles. The first-order valence-corrected chi connectivity index (χ1v) is 9.18. The van der Waals surface area contributed by atoms with Crippen LogP contribution < -0.4 is 10.5 Å². The van der Waals surface area contributed by atoms with Gasteiger partial charge in [0.1, 0.15) is 12.4 Å². The monoisotopic (exact) mass is 401 g/mol. The van der Waals surface area contributed by atoms with Crippen molar-refractivity contribution in [3.05, 3.63) is 66.1 Å². The molecule has 148 valence electrons. The molecule has 0 saturated carbocycles. The summed E-state index contributed by atoms with van der Waals surface area (Å²) in [6, 6.07) is 17.8. The van der Waals surface area contributed by atoms with Crippen LogP contribution >= 0.6 is 12.4 Å². The van der Waals surface area contributed by atoms with E-state index in [1.165, 1.54) is 0 Å². The molecule has 2 N–H and O–H groups in total. The first-order valence-electron chi connectivity index (χ1n) is 9.18. The highest BCUT2D eigenvalue weighted by Gasteiger charge is 2.38. The van der Waals surface area contributed by atoms with Crippen LogP contribution in [0.15, 0.2) is 59.1 Å². The van der Waals surface area contributed by atoms with Crippen molar-refractivity contribution >= 4 is 12.4 Å². The topological polar surface area (TPSA) is 83.4 Å². The van der Waals surface area contributed by atoms with E-state index in [-0.39, 0.29) is 17.8 Å². The van der Waals surface area contributed by atoms with E-state index in [1.54, 1.807) is 0 Å². The van der Waals surface area contributed by atoms with Gasteiger partial charge in [-0.15, -0.1) is 12.4 Å². The van der Waals surface area contributed by atoms with Crippen molar-refractivity contribution in [3.8, 4) is 17.1 Å². The van der Waals surface area contributed by atoms with E-state index in [4.69, 9.17) is 19.7 Å². The van der Waals surface area contributed by atoms with Gasteiger partial charge in [0, 0.05) is 25.3 Å². The minimum absolute atomic E-state index is 0. The van der Waals surface area contributed by atoms with E-state index in [9.17, 15) is 0 Å². The van der Waals surface area contributed by atoms with Crippen molar-refractivity contribution < 1.29 is 14.0 Å². The lowest BCUT2D eigenvalue weighted by Gasteiger charge is -2.32. The fraction of sp³-hybridized carbons (Fsp3) is 0.333. The zero-order valence-electron chi connectivity index (χ0n) is 15.5. The van der Waals surface area contributed by atoms with E-state index in [0.29, 0.717) is 38.1 Å². The van der Waals surface area contributed by atoms with Gasteiger partial charge in [0.15, 0.2) is 0 Å². The smallest absolute Gasteiger partial charge is 0.234 e. The van der Waals surface area contributed by atoms with E-state index < -0.39 is 0 Å². The maximum atomic E-state index is 6.02. The molecule has 0 spiro atoms. The highest BCUT2D eigenvalue weighted by molar-refractivity contribution is 5.85. The molecule has 0 unspecified atom stereocenters. The Labute approximate surface area is 170 Å². The molecule has 2 heterocycles. The third kappa shape index (κ3) is 4.35. The second-order valence-corrected chi connectivity index (χ2v) is 6.82. The summed E-state index contributed by atoms with van der Waals surface area (Å²) in [5, 5.41) is 4.16. The van der Waals surface area contributed by atoms with Crippen LogP contribution in [-0.2, 0) is 16.8 Å². The van der Waals surface area contributed by atoms with Gasteiger partial charge in [-0.3, -0.25) is 0 Å². The van der Waals surface area contributed by atoms with E-state index in [0.717, 1.165) is 29.7 Å².